The predicted octanol–water partition coefficient (Wildman–Crippen LogP) is 0.767. The molecule has 4 N–H and O–H groups in total. The fraction of sp³-hybridized carbons (Fsp3) is 0.533. The van der Waals surface area contributed by atoms with Crippen molar-refractivity contribution in [1.82, 2.24) is 14.9 Å². The number of pyridine rings is 1. The average molecular weight is 289 g/mol. The number of rotatable bonds is 4. The molecule has 0 aromatic carbocycles. The smallest absolute Gasteiger partial charge is 0.172 e. The standard InChI is InChI=1S/C15H25N6/c1-21(2)10-8-17-11-12(21)6-7-18-15-14(16)13-5-3-4-9-20(13)19-15/h3-5,9,12,17H,6-8,10-11,16H2,1-2H3,(H,18,19)/q+1. The maximum atomic E-state index is 6.15. The van der Waals surface area contributed by atoms with Crippen molar-refractivity contribution in [3.63, 3.8) is 0 Å². The van der Waals surface area contributed by atoms with Crippen LogP contribution in [-0.2, 0) is 0 Å². The molecule has 3 rings (SSSR count). The molecule has 1 fully saturated rings. The van der Waals surface area contributed by atoms with Crippen molar-refractivity contribution in [3.8, 4) is 0 Å². The van der Waals surface area contributed by atoms with Crippen LogP contribution in [0.2, 0.25) is 0 Å². The number of hydrogen-bond acceptors (Lipinski definition) is 4. The van der Waals surface area contributed by atoms with Crippen molar-refractivity contribution in [2.75, 3.05) is 51.3 Å². The topological polar surface area (TPSA) is 67.4 Å². The highest BCUT2D eigenvalue weighted by molar-refractivity contribution is 5.80. The molecular formula is C15H25N6+. The first-order chi connectivity index (χ1) is 10.1. The molecule has 6 heteroatoms. The van der Waals surface area contributed by atoms with Gasteiger partial charge >= 0.3 is 0 Å². The zero-order valence-corrected chi connectivity index (χ0v) is 12.8. The Kier molecular flexibility index (Phi) is 3.73. The van der Waals surface area contributed by atoms with Crippen LogP contribution < -0.4 is 16.4 Å². The third-order valence-corrected chi connectivity index (χ3v) is 4.58. The quantitative estimate of drug-likeness (QED) is 0.727. The molecule has 2 aromatic rings. The minimum Gasteiger partial charge on any atom is -0.394 e. The molecule has 6 nitrogen and oxygen atoms in total. The maximum absolute atomic E-state index is 6.15. The molecule has 1 aliphatic heterocycles. The van der Waals surface area contributed by atoms with Crippen LogP contribution in [-0.4, -0.2) is 60.4 Å². The first-order valence-electron chi connectivity index (χ1n) is 7.58. The van der Waals surface area contributed by atoms with E-state index in [-0.39, 0.29) is 0 Å². The third-order valence-electron chi connectivity index (χ3n) is 4.58. The van der Waals surface area contributed by atoms with Gasteiger partial charge in [0.25, 0.3) is 0 Å². The molecular weight excluding hydrogens is 264 g/mol. The lowest BCUT2D eigenvalue weighted by Gasteiger charge is -2.42. The Morgan fingerprint density at radius 1 is 1.48 bits per heavy atom. The van der Waals surface area contributed by atoms with Gasteiger partial charge in [-0.2, -0.15) is 0 Å². The van der Waals surface area contributed by atoms with Crippen LogP contribution in [0.4, 0.5) is 11.5 Å². The highest BCUT2D eigenvalue weighted by Gasteiger charge is 2.30. The molecule has 1 unspecified atom stereocenters. The van der Waals surface area contributed by atoms with E-state index < -0.39 is 0 Å². The molecule has 0 bridgehead atoms. The minimum absolute atomic E-state index is 0.629. The number of piperazine rings is 1. The number of nitrogens with zero attached hydrogens (tertiary/aromatic N) is 3. The Labute approximate surface area is 125 Å². The fourth-order valence-electron chi connectivity index (χ4n) is 3.02. The summed E-state index contributed by atoms with van der Waals surface area (Å²) in [4.78, 5) is 0. The Hall–Kier alpha value is -1.79. The van der Waals surface area contributed by atoms with E-state index in [0.717, 1.165) is 47.6 Å². The van der Waals surface area contributed by atoms with E-state index in [0.29, 0.717) is 6.04 Å². The molecule has 0 spiro atoms. The van der Waals surface area contributed by atoms with Gasteiger partial charge in [0, 0.05) is 32.3 Å². The summed E-state index contributed by atoms with van der Waals surface area (Å²) in [5, 5.41) is 11.4. The number of nitrogens with two attached hydrogens (primary N) is 1. The van der Waals surface area contributed by atoms with Crippen molar-refractivity contribution >= 4 is 17.0 Å². The molecule has 1 aliphatic rings. The van der Waals surface area contributed by atoms with Crippen LogP contribution in [0.15, 0.2) is 24.4 Å². The van der Waals surface area contributed by atoms with Gasteiger partial charge in [-0.05, 0) is 12.1 Å². The van der Waals surface area contributed by atoms with Crippen LogP contribution in [0.25, 0.3) is 5.52 Å². The lowest BCUT2D eigenvalue weighted by Crippen LogP contribution is -2.60. The average Bonchev–Trinajstić information content (AvgIpc) is 2.78. The molecule has 114 valence electrons. The van der Waals surface area contributed by atoms with Crippen molar-refractivity contribution in [2.45, 2.75) is 12.5 Å². The molecule has 0 radical (unpaired) electrons. The third kappa shape index (κ3) is 2.82. The maximum Gasteiger partial charge on any atom is 0.172 e. The second-order valence-electron chi connectivity index (χ2n) is 6.37. The Morgan fingerprint density at radius 3 is 3.10 bits per heavy atom. The number of hydrogen-bond donors (Lipinski definition) is 3. The van der Waals surface area contributed by atoms with Gasteiger partial charge < -0.3 is 20.9 Å². The summed E-state index contributed by atoms with van der Waals surface area (Å²) in [6, 6.07) is 6.55. The number of nitrogen functional groups attached to an aromatic ring is 1. The van der Waals surface area contributed by atoms with Crippen LogP contribution in [0.1, 0.15) is 6.42 Å². The van der Waals surface area contributed by atoms with Crippen molar-refractivity contribution in [1.29, 1.82) is 0 Å². The Morgan fingerprint density at radius 2 is 2.33 bits per heavy atom. The SMILES string of the molecule is C[N+]1(C)CCNCC1CCNc1nn2ccccc2c1N. The van der Waals surface area contributed by atoms with Gasteiger partial charge in [0.2, 0.25) is 0 Å². The van der Waals surface area contributed by atoms with Gasteiger partial charge in [0.05, 0.1) is 26.2 Å². The summed E-state index contributed by atoms with van der Waals surface area (Å²) in [5.41, 5.74) is 7.83. The number of likely N-dealkylation sites (N-methyl/N-ethyl adjacent to an activating group) is 1. The van der Waals surface area contributed by atoms with E-state index in [1.807, 2.05) is 28.9 Å². The minimum atomic E-state index is 0.629. The highest BCUT2D eigenvalue weighted by atomic mass is 15.4. The van der Waals surface area contributed by atoms with Gasteiger partial charge in [0.15, 0.2) is 5.82 Å². The van der Waals surface area contributed by atoms with E-state index in [1.54, 1.807) is 0 Å². The monoisotopic (exact) mass is 289 g/mol. The molecule has 21 heavy (non-hydrogen) atoms. The van der Waals surface area contributed by atoms with Crippen molar-refractivity contribution in [3.05, 3.63) is 24.4 Å². The van der Waals surface area contributed by atoms with Crippen LogP contribution in [0, 0.1) is 0 Å². The molecule has 1 atom stereocenters. The van der Waals surface area contributed by atoms with Gasteiger partial charge in [0.1, 0.15) is 11.7 Å². The van der Waals surface area contributed by atoms with Crippen LogP contribution in [0.5, 0.6) is 0 Å². The van der Waals surface area contributed by atoms with Gasteiger partial charge in [-0.15, -0.1) is 5.10 Å². The second kappa shape index (κ2) is 5.54. The summed E-state index contributed by atoms with van der Waals surface area (Å²) >= 11 is 0. The van der Waals surface area contributed by atoms with Crippen LogP contribution in [0.3, 0.4) is 0 Å². The summed E-state index contributed by atoms with van der Waals surface area (Å²) in [6.45, 7) is 4.26. The first-order valence-corrected chi connectivity index (χ1v) is 7.58. The molecule has 1 saturated heterocycles. The predicted molar refractivity (Wildman–Crippen MR) is 86.3 cm³/mol. The summed E-state index contributed by atoms with van der Waals surface area (Å²) in [5.74, 6) is 0.787. The van der Waals surface area contributed by atoms with E-state index in [4.69, 9.17) is 5.73 Å². The highest BCUT2D eigenvalue weighted by Crippen LogP contribution is 2.22. The molecule has 3 heterocycles. The molecule has 0 amide bonds. The zero-order valence-electron chi connectivity index (χ0n) is 12.8. The van der Waals surface area contributed by atoms with E-state index in [9.17, 15) is 0 Å². The van der Waals surface area contributed by atoms with Crippen molar-refractivity contribution in [2.24, 2.45) is 0 Å². The Balaban J connectivity index is 1.63. The number of fused-ring (bicyclic) bond motifs is 1. The molecule has 0 aliphatic carbocycles. The number of nitrogens with one attached hydrogen (secondary N) is 2. The summed E-state index contributed by atoms with van der Waals surface area (Å²) in [6.07, 6.45) is 3.02. The van der Waals surface area contributed by atoms with Gasteiger partial charge in [-0.1, -0.05) is 6.07 Å². The van der Waals surface area contributed by atoms with Crippen molar-refractivity contribution < 1.29 is 4.48 Å². The second-order valence-corrected chi connectivity index (χ2v) is 6.37. The zero-order chi connectivity index (χ0) is 14.9. The van der Waals surface area contributed by atoms with E-state index in [2.05, 4.69) is 29.8 Å². The molecule has 2 aromatic heterocycles. The largest absolute Gasteiger partial charge is 0.394 e. The number of anilines is 2. The lowest BCUT2D eigenvalue weighted by molar-refractivity contribution is -0.917. The van der Waals surface area contributed by atoms with Crippen LogP contribution >= 0.6 is 0 Å². The van der Waals surface area contributed by atoms with E-state index >= 15 is 0 Å². The summed E-state index contributed by atoms with van der Waals surface area (Å²) in [7, 11) is 4.62. The number of aromatic nitrogens is 2. The van der Waals surface area contributed by atoms with Gasteiger partial charge in [-0.3, -0.25) is 0 Å². The van der Waals surface area contributed by atoms with E-state index in [1.165, 1.54) is 6.54 Å². The van der Waals surface area contributed by atoms with Gasteiger partial charge in [-0.25, -0.2) is 4.52 Å². The first kappa shape index (κ1) is 14.2. The fourth-order valence-corrected chi connectivity index (χ4v) is 3.02. The lowest BCUT2D eigenvalue weighted by atomic mass is 10.1. The molecule has 0 saturated carbocycles. The normalized spacial score (nSPS) is 21.5. The Bertz CT molecular complexity index is 618. The summed E-state index contributed by atoms with van der Waals surface area (Å²) < 4.78 is 2.90. The number of quaternary nitrogens is 1.